The fraction of sp³-hybridized carbons (Fsp3) is 0.286. The Bertz CT molecular complexity index is 624. The zero-order valence-electron chi connectivity index (χ0n) is 11.3. The highest BCUT2D eigenvalue weighted by Gasteiger charge is 2.16. The summed E-state index contributed by atoms with van der Waals surface area (Å²) in [5.41, 5.74) is 1.09. The molecule has 0 spiro atoms. The molecule has 20 heavy (non-hydrogen) atoms. The van der Waals surface area contributed by atoms with Gasteiger partial charge in [-0.05, 0) is 34.0 Å². The van der Waals surface area contributed by atoms with Crippen molar-refractivity contribution in [2.24, 2.45) is 0 Å². The number of nitrogens with zero attached hydrogens (tertiary/aromatic N) is 2. The first kappa shape index (κ1) is 14.8. The number of halogens is 3. The maximum absolute atomic E-state index is 13.3. The van der Waals surface area contributed by atoms with E-state index in [1.54, 1.807) is 7.05 Å². The van der Waals surface area contributed by atoms with Gasteiger partial charge in [0, 0.05) is 18.7 Å². The summed E-state index contributed by atoms with van der Waals surface area (Å²) in [5.74, 6) is -0.271. The fourth-order valence-electron chi connectivity index (χ4n) is 1.82. The van der Waals surface area contributed by atoms with Crippen LogP contribution in [-0.4, -0.2) is 17.0 Å². The summed E-state index contributed by atoms with van der Waals surface area (Å²) in [7, 11) is 1.73. The van der Waals surface area contributed by atoms with Crippen molar-refractivity contribution in [1.82, 2.24) is 9.97 Å². The molecule has 2 rings (SSSR count). The normalized spacial score (nSPS) is 10.9. The minimum atomic E-state index is -0.649. The molecule has 0 aliphatic carbocycles. The van der Waals surface area contributed by atoms with E-state index >= 15 is 0 Å². The predicted molar refractivity (Wildman–Crippen MR) is 78.7 cm³/mol. The standard InChI is InChI=1S/C14H14BrF2N3/c1-7(2)12-11(15)14(18-3)20-13(19-12)8-4-9(16)6-10(17)5-8/h4-7H,1-3H3,(H,18,19,20). The molecule has 106 valence electrons. The molecule has 1 aromatic carbocycles. The zero-order chi connectivity index (χ0) is 14.9. The molecule has 0 saturated heterocycles. The molecule has 0 fully saturated rings. The van der Waals surface area contributed by atoms with Gasteiger partial charge in [-0.2, -0.15) is 0 Å². The van der Waals surface area contributed by atoms with E-state index < -0.39 is 11.6 Å². The SMILES string of the molecule is CNc1nc(-c2cc(F)cc(F)c2)nc(C(C)C)c1Br. The van der Waals surface area contributed by atoms with Crippen LogP contribution >= 0.6 is 15.9 Å². The van der Waals surface area contributed by atoms with Crippen molar-refractivity contribution in [3.05, 3.63) is 40.0 Å². The van der Waals surface area contributed by atoms with Gasteiger partial charge >= 0.3 is 0 Å². The number of benzene rings is 1. The van der Waals surface area contributed by atoms with Gasteiger partial charge in [0.2, 0.25) is 0 Å². The minimum Gasteiger partial charge on any atom is -0.372 e. The number of hydrogen-bond donors (Lipinski definition) is 1. The average Bonchev–Trinajstić information content (AvgIpc) is 2.37. The average molecular weight is 342 g/mol. The van der Waals surface area contributed by atoms with E-state index in [-0.39, 0.29) is 5.92 Å². The Morgan fingerprint density at radius 2 is 1.70 bits per heavy atom. The molecule has 0 atom stereocenters. The van der Waals surface area contributed by atoms with Crippen molar-refractivity contribution >= 4 is 21.7 Å². The van der Waals surface area contributed by atoms with Crippen molar-refractivity contribution in [2.75, 3.05) is 12.4 Å². The maximum atomic E-state index is 13.3. The predicted octanol–water partition coefficient (Wildman–Crippen LogP) is 4.35. The van der Waals surface area contributed by atoms with Crippen LogP contribution < -0.4 is 5.32 Å². The van der Waals surface area contributed by atoms with Crippen molar-refractivity contribution in [2.45, 2.75) is 19.8 Å². The van der Waals surface area contributed by atoms with E-state index in [0.29, 0.717) is 17.2 Å². The summed E-state index contributed by atoms with van der Waals surface area (Å²) in [4.78, 5) is 8.69. The van der Waals surface area contributed by atoms with Crippen LogP contribution in [0.3, 0.4) is 0 Å². The van der Waals surface area contributed by atoms with Gasteiger partial charge in [-0.25, -0.2) is 18.7 Å². The first-order chi connectivity index (χ1) is 9.42. The molecule has 0 saturated carbocycles. The lowest BCUT2D eigenvalue weighted by atomic mass is 10.1. The molecule has 3 nitrogen and oxygen atoms in total. The van der Waals surface area contributed by atoms with Gasteiger partial charge in [-0.3, -0.25) is 0 Å². The number of nitrogens with one attached hydrogen (secondary N) is 1. The molecule has 2 aromatic rings. The van der Waals surface area contributed by atoms with Crippen LogP contribution in [0.2, 0.25) is 0 Å². The monoisotopic (exact) mass is 341 g/mol. The van der Waals surface area contributed by atoms with E-state index in [0.717, 1.165) is 16.2 Å². The van der Waals surface area contributed by atoms with Crippen LogP contribution in [0.25, 0.3) is 11.4 Å². The third-order valence-electron chi connectivity index (χ3n) is 2.78. The highest BCUT2D eigenvalue weighted by Crippen LogP contribution is 2.31. The van der Waals surface area contributed by atoms with E-state index in [1.165, 1.54) is 12.1 Å². The van der Waals surface area contributed by atoms with Gasteiger partial charge in [0.15, 0.2) is 5.82 Å². The van der Waals surface area contributed by atoms with E-state index in [1.807, 2.05) is 13.8 Å². The zero-order valence-corrected chi connectivity index (χ0v) is 12.9. The Morgan fingerprint density at radius 1 is 1.10 bits per heavy atom. The number of anilines is 1. The van der Waals surface area contributed by atoms with Gasteiger partial charge in [0.25, 0.3) is 0 Å². The van der Waals surface area contributed by atoms with Crippen molar-refractivity contribution in [3.8, 4) is 11.4 Å². The molecule has 1 N–H and O–H groups in total. The highest BCUT2D eigenvalue weighted by molar-refractivity contribution is 9.10. The van der Waals surface area contributed by atoms with Crippen molar-refractivity contribution in [1.29, 1.82) is 0 Å². The summed E-state index contributed by atoms with van der Waals surface area (Å²) in [6.07, 6.45) is 0. The van der Waals surface area contributed by atoms with E-state index in [2.05, 4.69) is 31.2 Å². The van der Waals surface area contributed by atoms with Gasteiger partial charge in [-0.1, -0.05) is 13.8 Å². The quantitative estimate of drug-likeness (QED) is 0.901. The molecule has 0 unspecified atom stereocenters. The Balaban J connectivity index is 2.64. The van der Waals surface area contributed by atoms with Crippen LogP contribution in [0.4, 0.5) is 14.6 Å². The molecule has 1 aromatic heterocycles. The van der Waals surface area contributed by atoms with Crippen LogP contribution in [0.1, 0.15) is 25.5 Å². The van der Waals surface area contributed by atoms with Gasteiger partial charge in [0.1, 0.15) is 17.5 Å². The second-order valence-electron chi connectivity index (χ2n) is 4.66. The lowest BCUT2D eigenvalue weighted by Crippen LogP contribution is -2.05. The van der Waals surface area contributed by atoms with E-state index in [9.17, 15) is 8.78 Å². The fourth-order valence-corrected chi connectivity index (χ4v) is 2.66. The smallest absolute Gasteiger partial charge is 0.162 e. The Hall–Kier alpha value is -1.56. The Labute approximate surface area is 124 Å². The number of aromatic nitrogens is 2. The molecule has 0 bridgehead atoms. The number of rotatable bonds is 3. The number of hydrogen-bond acceptors (Lipinski definition) is 3. The third-order valence-corrected chi connectivity index (χ3v) is 3.56. The minimum absolute atomic E-state index is 0.150. The van der Waals surface area contributed by atoms with E-state index in [4.69, 9.17) is 0 Å². The maximum Gasteiger partial charge on any atom is 0.162 e. The lowest BCUT2D eigenvalue weighted by molar-refractivity contribution is 0.584. The first-order valence-electron chi connectivity index (χ1n) is 6.14. The summed E-state index contributed by atoms with van der Waals surface area (Å²) >= 11 is 3.44. The largest absolute Gasteiger partial charge is 0.372 e. The van der Waals surface area contributed by atoms with Crippen LogP contribution in [-0.2, 0) is 0 Å². The highest BCUT2D eigenvalue weighted by atomic mass is 79.9. The third kappa shape index (κ3) is 2.95. The van der Waals surface area contributed by atoms with Crippen LogP contribution in [0.15, 0.2) is 22.7 Å². The van der Waals surface area contributed by atoms with Crippen LogP contribution in [0, 0.1) is 11.6 Å². The second-order valence-corrected chi connectivity index (χ2v) is 5.45. The molecule has 6 heteroatoms. The van der Waals surface area contributed by atoms with Gasteiger partial charge in [-0.15, -0.1) is 0 Å². The molecule has 0 amide bonds. The summed E-state index contributed by atoms with van der Waals surface area (Å²) in [5, 5.41) is 2.94. The Morgan fingerprint density at radius 3 is 2.20 bits per heavy atom. The molecule has 1 heterocycles. The second kappa shape index (κ2) is 5.83. The molecule has 0 radical (unpaired) electrons. The topological polar surface area (TPSA) is 37.8 Å². The van der Waals surface area contributed by atoms with Gasteiger partial charge < -0.3 is 5.32 Å². The van der Waals surface area contributed by atoms with Crippen molar-refractivity contribution in [3.63, 3.8) is 0 Å². The molecule has 0 aliphatic heterocycles. The summed E-state index contributed by atoms with van der Waals surface area (Å²) < 4.78 is 27.4. The summed E-state index contributed by atoms with van der Waals surface area (Å²) in [6.45, 7) is 3.98. The molecule has 0 aliphatic rings. The first-order valence-corrected chi connectivity index (χ1v) is 6.93. The van der Waals surface area contributed by atoms with Crippen LogP contribution in [0.5, 0.6) is 0 Å². The van der Waals surface area contributed by atoms with Gasteiger partial charge in [0.05, 0.1) is 10.2 Å². The Kier molecular flexibility index (Phi) is 4.32. The molecular weight excluding hydrogens is 328 g/mol. The molecular formula is C14H14BrF2N3. The lowest BCUT2D eigenvalue weighted by Gasteiger charge is -2.13. The van der Waals surface area contributed by atoms with Crippen molar-refractivity contribution < 1.29 is 8.78 Å². The summed E-state index contributed by atoms with van der Waals surface area (Å²) in [6, 6.07) is 3.26.